The zero-order chi connectivity index (χ0) is 25.6. The molecular formula is C27H19Cl2F3N2O2. The number of nitrogens with one attached hydrogen (secondary N) is 1. The van der Waals surface area contributed by atoms with Crippen LogP contribution in [0.4, 0.5) is 24.5 Å². The van der Waals surface area contributed by atoms with Crippen molar-refractivity contribution in [2.24, 2.45) is 0 Å². The second-order valence-corrected chi connectivity index (χ2v) is 9.56. The number of fused-ring (bicyclic) bond motifs is 1. The molecule has 0 fully saturated rings. The van der Waals surface area contributed by atoms with E-state index < -0.39 is 18.1 Å². The van der Waals surface area contributed by atoms with Gasteiger partial charge in [0, 0.05) is 27.7 Å². The fourth-order valence-corrected chi connectivity index (χ4v) is 5.44. The minimum Gasteiger partial charge on any atom is -0.357 e. The van der Waals surface area contributed by atoms with Crippen molar-refractivity contribution in [3.05, 3.63) is 105 Å². The Hall–Kier alpha value is -3.29. The van der Waals surface area contributed by atoms with E-state index in [2.05, 4.69) is 5.32 Å². The molecule has 1 aliphatic heterocycles. The van der Waals surface area contributed by atoms with Crippen LogP contribution in [0.3, 0.4) is 0 Å². The fourth-order valence-electron chi connectivity index (χ4n) is 4.93. The highest BCUT2D eigenvalue weighted by Gasteiger charge is 2.50. The van der Waals surface area contributed by atoms with E-state index in [1.165, 1.54) is 30.3 Å². The van der Waals surface area contributed by atoms with E-state index in [9.17, 15) is 22.8 Å². The smallest absolute Gasteiger partial charge is 0.357 e. The summed E-state index contributed by atoms with van der Waals surface area (Å²) in [5, 5.41) is 3.52. The van der Waals surface area contributed by atoms with E-state index in [0.29, 0.717) is 17.0 Å². The topological polar surface area (TPSA) is 49.4 Å². The number of allylic oxidation sites excluding steroid dienone is 1. The Kier molecular flexibility index (Phi) is 6.30. The highest BCUT2D eigenvalue weighted by Crippen LogP contribution is 2.49. The van der Waals surface area contributed by atoms with E-state index in [1.807, 2.05) is 30.3 Å². The minimum atomic E-state index is -5.19. The number of alkyl halides is 3. The van der Waals surface area contributed by atoms with Gasteiger partial charge in [0.1, 0.15) is 0 Å². The molecule has 4 nitrogen and oxygen atoms in total. The molecule has 9 heteroatoms. The first-order chi connectivity index (χ1) is 17.1. The lowest BCUT2D eigenvalue weighted by atomic mass is 9.78. The summed E-state index contributed by atoms with van der Waals surface area (Å²) in [5.41, 5.74) is 1.95. The first-order valence-electron chi connectivity index (χ1n) is 11.2. The van der Waals surface area contributed by atoms with Gasteiger partial charge in [0.15, 0.2) is 5.78 Å². The van der Waals surface area contributed by atoms with Gasteiger partial charge in [0.2, 0.25) is 0 Å². The average Bonchev–Trinajstić information content (AvgIpc) is 2.98. The SMILES string of the molecule is O=C1C[C@@H](c2ccccc2)CC2=C1[C@@H](c1ccc(Cl)cc1Cl)N(C(=O)C(F)(F)F)c1ccccc1N2. The molecule has 0 radical (unpaired) electrons. The molecule has 0 saturated carbocycles. The van der Waals surface area contributed by atoms with Gasteiger partial charge in [0.05, 0.1) is 17.4 Å². The number of carbonyl (C=O) groups is 2. The minimum absolute atomic E-state index is 0.00528. The average molecular weight is 531 g/mol. The second kappa shape index (κ2) is 9.30. The van der Waals surface area contributed by atoms with Gasteiger partial charge in [-0.2, -0.15) is 13.2 Å². The molecule has 1 amide bonds. The third kappa shape index (κ3) is 4.38. The molecule has 1 heterocycles. The van der Waals surface area contributed by atoms with Crippen LogP contribution in [0.2, 0.25) is 10.0 Å². The summed E-state index contributed by atoms with van der Waals surface area (Å²) in [6.07, 6.45) is -4.74. The molecule has 1 aliphatic carbocycles. The van der Waals surface area contributed by atoms with Crippen LogP contribution in [0, 0.1) is 0 Å². The summed E-state index contributed by atoms with van der Waals surface area (Å²) in [6, 6.07) is 18.6. The van der Waals surface area contributed by atoms with Gasteiger partial charge in [-0.05, 0) is 47.7 Å². The number of Topliss-reactive ketones (excluding diaryl/α,β-unsaturated/α-hetero) is 1. The van der Waals surface area contributed by atoms with Gasteiger partial charge in [-0.3, -0.25) is 14.5 Å². The Morgan fingerprint density at radius 2 is 1.64 bits per heavy atom. The zero-order valence-corrected chi connectivity index (χ0v) is 20.2. The van der Waals surface area contributed by atoms with Crippen LogP contribution in [0.25, 0.3) is 0 Å². The summed E-state index contributed by atoms with van der Waals surface area (Å²) in [7, 11) is 0. The lowest BCUT2D eigenvalue weighted by Gasteiger charge is -2.35. The molecule has 184 valence electrons. The van der Waals surface area contributed by atoms with Crippen LogP contribution in [0.1, 0.15) is 35.9 Å². The van der Waals surface area contributed by atoms with E-state index in [0.717, 1.165) is 5.56 Å². The first kappa shape index (κ1) is 24.4. The van der Waals surface area contributed by atoms with Crippen molar-refractivity contribution in [1.82, 2.24) is 0 Å². The Morgan fingerprint density at radius 1 is 0.944 bits per heavy atom. The molecule has 0 spiro atoms. The van der Waals surface area contributed by atoms with Crippen LogP contribution in [0.5, 0.6) is 0 Å². The van der Waals surface area contributed by atoms with Gasteiger partial charge in [-0.25, -0.2) is 0 Å². The summed E-state index contributed by atoms with van der Waals surface area (Å²) in [6.45, 7) is 0. The number of para-hydroxylation sites is 2. The highest BCUT2D eigenvalue weighted by atomic mass is 35.5. The van der Waals surface area contributed by atoms with Gasteiger partial charge >= 0.3 is 12.1 Å². The Morgan fingerprint density at radius 3 is 2.33 bits per heavy atom. The molecule has 0 saturated heterocycles. The largest absolute Gasteiger partial charge is 0.471 e. The van der Waals surface area contributed by atoms with Crippen LogP contribution in [-0.4, -0.2) is 17.9 Å². The molecule has 0 bridgehead atoms. The number of anilines is 2. The summed E-state index contributed by atoms with van der Waals surface area (Å²) >= 11 is 12.5. The highest BCUT2D eigenvalue weighted by molar-refractivity contribution is 6.35. The Labute approximate surface area is 215 Å². The van der Waals surface area contributed by atoms with E-state index in [4.69, 9.17) is 23.2 Å². The maximum Gasteiger partial charge on any atom is 0.471 e. The number of hydrogen-bond acceptors (Lipinski definition) is 3. The molecule has 1 N–H and O–H groups in total. The Bertz CT molecular complexity index is 1390. The second-order valence-electron chi connectivity index (χ2n) is 8.71. The first-order valence-corrected chi connectivity index (χ1v) is 11.9. The van der Waals surface area contributed by atoms with Gasteiger partial charge < -0.3 is 5.32 Å². The maximum absolute atomic E-state index is 14.0. The number of ketones is 1. The van der Waals surface area contributed by atoms with Crippen molar-refractivity contribution in [1.29, 1.82) is 0 Å². The molecule has 2 aliphatic rings. The van der Waals surface area contributed by atoms with Crippen LogP contribution >= 0.6 is 23.2 Å². The number of amides is 1. The summed E-state index contributed by atoms with van der Waals surface area (Å²) in [4.78, 5) is 27.3. The van der Waals surface area contributed by atoms with E-state index in [-0.39, 0.29) is 50.7 Å². The molecule has 5 rings (SSSR count). The normalized spacial score (nSPS) is 19.8. The standard InChI is InChI=1S/C27H19Cl2F3N2O2/c28-17-10-11-18(19(29)14-17)25-24-21(12-16(13-23(24)35)15-6-2-1-3-7-15)33-20-8-4-5-9-22(20)34(25)26(36)27(30,31)32/h1-11,14,16,25,33H,12-13H2/t16-,25+/m0/s1. The number of hydrogen-bond donors (Lipinski definition) is 1. The van der Waals surface area contributed by atoms with Crippen molar-refractivity contribution in [2.45, 2.75) is 31.0 Å². The zero-order valence-electron chi connectivity index (χ0n) is 18.7. The van der Waals surface area contributed by atoms with Gasteiger partial charge in [0.25, 0.3) is 0 Å². The predicted octanol–water partition coefficient (Wildman–Crippen LogP) is 7.46. The number of rotatable bonds is 2. The van der Waals surface area contributed by atoms with Gasteiger partial charge in [-0.1, -0.05) is 71.7 Å². The summed E-state index contributed by atoms with van der Waals surface area (Å²) in [5.74, 6) is -2.63. The molecule has 3 aromatic rings. The van der Waals surface area contributed by atoms with Crippen molar-refractivity contribution < 1.29 is 22.8 Å². The molecule has 0 aromatic heterocycles. The van der Waals surface area contributed by atoms with Crippen LogP contribution in [-0.2, 0) is 9.59 Å². The molecule has 36 heavy (non-hydrogen) atoms. The Balaban J connectivity index is 1.77. The van der Waals surface area contributed by atoms with Crippen molar-refractivity contribution >= 4 is 46.3 Å². The summed E-state index contributed by atoms with van der Waals surface area (Å²) < 4.78 is 41.9. The maximum atomic E-state index is 14.0. The van der Waals surface area contributed by atoms with Crippen LogP contribution in [0.15, 0.2) is 84.1 Å². The molecular weight excluding hydrogens is 512 g/mol. The lowest BCUT2D eigenvalue weighted by molar-refractivity contribution is -0.170. The number of nitrogens with zero attached hydrogens (tertiary/aromatic N) is 1. The monoisotopic (exact) mass is 530 g/mol. The quantitative estimate of drug-likeness (QED) is 0.374. The van der Waals surface area contributed by atoms with E-state index >= 15 is 0 Å². The van der Waals surface area contributed by atoms with E-state index in [1.54, 1.807) is 12.1 Å². The molecule has 0 unspecified atom stereocenters. The third-order valence-electron chi connectivity index (χ3n) is 6.48. The third-order valence-corrected chi connectivity index (χ3v) is 7.04. The molecule has 3 aromatic carbocycles. The van der Waals surface area contributed by atoms with Crippen molar-refractivity contribution in [3.8, 4) is 0 Å². The van der Waals surface area contributed by atoms with Gasteiger partial charge in [-0.15, -0.1) is 0 Å². The van der Waals surface area contributed by atoms with Crippen molar-refractivity contribution in [2.75, 3.05) is 10.2 Å². The lowest BCUT2D eigenvalue weighted by Crippen LogP contribution is -2.45. The number of halogens is 5. The molecule has 2 atom stereocenters. The number of benzene rings is 3. The number of carbonyl (C=O) groups excluding carboxylic acids is 2. The fraction of sp³-hybridized carbons (Fsp3) is 0.185. The predicted molar refractivity (Wildman–Crippen MR) is 133 cm³/mol. The van der Waals surface area contributed by atoms with Crippen LogP contribution < -0.4 is 10.2 Å². The van der Waals surface area contributed by atoms with Crippen molar-refractivity contribution in [3.63, 3.8) is 0 Å².